The summed E-state index contributed by atoms with van der Waals surface area (Å²) in [5, 5.41) is 11.5. The SMILES string of the molecule is C[C@@H]1C[C@H]2[C@@H]3C[C@H](F)C4=CC(=O)C=C[C@]4(C)[C@@]3(F)[C@@H](O)C[C@]2(C)[C@@]1(OC(=O)c1cncs1)C(=O)OCF. The molecule has 200 valence electrons. The molecule has 11 heteroatoms. The van der Waals surface area contributed by atoms with Crippen LogP contribution in [-0.4, -0.2) is 58.2 Å². The van der Waals surface area contributed by atoms with Crippen LogP contribution in [0.5, 0.6) is 0 Å². The maximum absolute atomic E-state index is 17.3. The number of ketones is 1. The third kappa shape index (κ3) is 3.22. The molecule has 1 N–H and O–H groups in total. The molecule has 0 bridgehead atoms. The number of rotatable bonds is 4. The Hall–Kier alpha value is -2.53. The van der Waals surface area contributed by atoms with Crippen LogP contribution in [0.1, 0.15) is 49.7 Å². The summed E-state index contributed by atoms with van der Waals surface area (Å²) >= 11 is 0.986. The fourth-order valence-corrected chi connectivity index (χ4v) is 8.38. The molecule has 0 aliphatic heterocycles. The summed E-state index contributed by atoms with van der Waals surface area (Å²) in [6.07, 6.45) is 0.950. The normalized spacial score (nSPS) is 44.4. The van der Waals surface area contributed by atoms with Crippen LogP contribution in [0.25, 0.3) is 0 Å². The molecule has 0 amide bonds. The second-order valence-electron chi connectivity index (χ2n) is 11.0. The van der Waals surface area contributed by atoms with E-state index in [9.17, 15) is 23.9 Å². The number of thiazole rings is 1. The third-order valence-electron chi connectivity index (χ3n) is 9.54. The standard InChI is InChI=1S/C26H28F3NO6S/c1-13-6-15-16-8-18(28)17-7-14(31)4-5-23(17,2)25(16,29)20(32)9-24(15,3)26(13,22(34)35-11-27)36-21(33)19-10-30-12-37-19/h4-5,7,10,12-13,15-16,18,20,32H,6,8-9,11H2,1-3H3/t13-,15+,16+,18+,20+,23+,24+,25+,26+/m1/s1. The summed E-state index contributed by atoms with van der Waals surface area (Å²) in [5.41, 5.74) is -6.06. The van der Waals surface area contributed by atoms with E-state index in [4.69, 9.17) is 9.47 Å². The number of esters is 2. The van der Waals surface area contributed by atoms with E-state index in [2.05, 4.69) is 4.98 Å². The topological polar surface area (TPSA) is 103 Å². The summed E-state index contributed by atoms with van der Waals surface area (Å²) in [5.74, 6) is -5.06. The van der Waals surface area contributed by atoms with Crippen LogP contribution in [0, 0.1) is 28.6 Å². The van der Waals surface area contributed by atoms with Gasteiger partial charge in [0.1, 0.15) is 11.0 Å². The second kappa shape index (κ2) is 8.49. The molecule has 37 heavy (non-hydrogen) atoms. The molecule has 4 aliphatic carbocycles. The van der Waals surface area contributed by atoms with Crippen LogP contribution in [0.3, 0.4) is 0 Å². The first-order valence-corrected chi connectivity index (χ1v) is 13.1. The molecule has 1 aromatic heterocycles. The summed E-state index contributed by atoms with van der Waals surface area (Å²) < 4.78 is 56.9. The van der Waals surface area contributed by atoms with Crippen LogP contribution < -0.4 is 0 Å². The van der Waals surface area contributed by atoms with Gasteiger partial charge in [0.25, 0.3) is 0 Å². The van der Waals surface area contributed by atoms with Gasteiger partial charge in [-0.15, -0.1) is 11.3 Å². The van der Waals surface area contributed by atoms with E-state index in [1.807, 2.05) is 0 Å². The first-order chi connectivity index (χ1) is 17.4. The number of aliphatic hydroxyl groups excluding tert-OH is 1. The minimum absolute atomic E-state index is 0.0211. The lowest BCUT2D eigenvalue weighted by Crippen LogP contribution is -2.71. The van der Waals surface area contributed by atoms with E-state index in [0.29, 0.717) is 0 Å². The van der Waals surface area contributed by atoms with Gasteiger partial charge in [-0.2, -0.15) is 0 Å². The Kier molecular flexibility index (Phi) is 5.99. The fourth-order valence-electron chi connectivity index (χ4n) is 7.89. The van der Waals surface area contributed by atoms with Gasteiger partial charge in [0.2, 0.25) is 12.5 Å². The Balaban J connectivity index is 1.64. The van der Waals surface area contributed by atoms with Crippen molar-refractivity contribution in [1.82, 2.24) is 4.98 Å². The van der Waals surface area contributed by atoms with Crippen molar-refractivity contribution in [2.45, 2.75) is 63.6 Å². The molecular weight excluding hydrogens is 511 g/mol. The van der Waals surface area contributed by atoms with Crippen molar-refractivity contribution in [2.24, 2.45) is 28.6 Å². The van der Waals surface area contributed by atoms with Crippen molar-refractivity contribution in [3.8, 4) is 0 Å². The van der Waals surface area contributed by atoms with Gasteiger partial charge in [-0.05, 0) is 49.8 Å². The molecule has 0 saturated heterocycles. The van der Waals surface area contributed by atoms with E-state index >= 15 is 8.78 Å². The maximum atomic E-state index is 17.3. The van der Waals surface area contributed by atoms with Gasteiger partial charge in [-0.3, -0.25) is 9.78 Å². The molecule has 9 atom stereocenters. The lowest BCUT2D eigenvalue weighted by molar-refractivity contribution is -0.232. The van der Waals surface area contributed by atoms with Gasteiger partial charge >= 0.3 is 11.9 Å². The van der Waals surface area contributed by atoms with Gasteiger partial charge in [-0.1, -0.05) is 19.9 Å². The molecule has 1 heterocycles. The molecule has 7 nitrogen and oxygen atoms in total. The number of aromatic nitrogens is 1. The Morgan fingerprint density at radius 1 is 1.27 bits per heavy atom. The highest BCUT2D eigenvalue weighted by molar-refractivity contribution is 7.11. The second-order valence-corrected chi connectivity index (χ2v) is 11.9. The lowest BCUT2D eigenvalue weighted by atomic mass is 9.44. The van der Waals surface area contributed by atoms with E-state index in [1.165, 1.54) is 30.8 Å². The predicted octanol–water partition coefficient (Wildman–Crippen LogP) is 4.07. The van der Waals surface area contributed by atoms with Crippen LogP contribution in [0.2, 0.25) is 0 Å². The molecule has 1 aromatic rings. The van der Waals surface area contributed by atoms with Gasteiger partial charge in [0.05, 0.1) is 17.8 Å². The molecule has 4 aliphatic rings. The van der Waals surface area contributed by atoms with Crippen LogP contribution >= 0.6 is 11.3 Å². The number of aliphatic hydroxyl groups is 1. The smallest absolute Gasteiger partial charge is 0.353 e. The zero-order valence-electron chi connectivity index (χ0n) is 20.6. The van der Waals surface area contributed by atoms with E-state index in [0.717, 1.165) is 17.4 Å². The Labute approximate surface area is 215 Å². The quantitative estimate of drug-likeness (QED) is 0.576. The third-order valence-corrected chi connectivity index (χ3v) is 10.3. The number of allylic oxidation sites excluding steroid dienone is 4. The van der Waals surface area contributed by atoms with Crippen molar-refractivity contribution >= 4 is 29.1 Å². The fraction of sp³-hybridized carbons (Fsp3) is 0.615. The van der Waals surface area contributed by atoms with Crippen molar-refractivity contribution in [1.29, 1.82) is 0 Å². The average Bonchev–Trinajstić information content (AvgIpc) is 3.45. The highest BCUT2D eigenvalue weighted by Gasteiger charge is 2.78. The monoisotopic (exact) mass is 539 g/mol. The molecule has 0 unspecified atom stereocenters. The zero-order chi connectivity index (χ0) is 27.0. The molecular formula is C26H28F3NO6S. The van der Waals surface area contributed by atoms with Gasteiger partial charge < -0.3 is 14.6 Å². The summed E-state index contributed by atoms with van der Waals surface area (Å²) in [4.78, 5) is 42.5. The molecule has 5 rings (SSSR count). The largest absolute Gasteiger partial charge is 0.442 e. The number of ether oxygens (including phenoxy) is 2. The molecule has 0 aromatic carbocycles. The average molecular weight is 540 g/mol. The summed E-state index contributed by atoms with van der Waals surface area (Å²) in [7, 11) is 0. The Morgan fingerprint density at radius 3 is 2.65 bits per heavy atom. The number of hydrogen-bond donors (Lipinski definition) is 1. The van der Waals surface area contributed by atoms with Crippen LogP contribution in [0.4, 0.5) is 13.2 Å². The lowest BCUT2D eigenvalue weighted by Gasteiger charge is -2.63. The van der Waals surface area contributed by atoms with E-state index in [-0.39, 0.29) is 29.7 Å². The zero-order valence-corrected chi connectivity index (χ0v) is 21.4. The van der Waals surface area contributed by atoms with Crippen molar-refractivity contribution in [3.63, 3.8) is 0 Å². The molecule has 3 fully saturated rings. The minimum Gasteiger partial charge on any atom is -0.442 e. The first kappa shape index (κ1) is 26.1. The number of carbonyl (C=O) groups is 3. The number of fused-ring (bicyclic) bond motifs is 5. The molecule has 0 spiro atoms. The van der Waals surface area contributed by atoms with Gasteiger partial charge in [-0.25, -0.2) is 22.8 Å². The number of halogens is 3. The van der Waals surface area contributed by atoms with Crippen LogP contribution in [-0.2, 0) is 19.1 Å². The van der Waals surface area contributed by atoms with Crippen molar-refractivity contribution in [3.05, 3.63) is 40.4 Å². The number of hydrogen-bond acceptors (Lipinski definition) is 8. The summed E-state index contributed by atoms with van der Waals surface area (Å²) in [6, 6.07) is 0. The molecule has 0 radical (unpaired) electrons. The van der Waals surface area contributed by atoms with Crippen molar-refractivity contribution in [2.75, 3.05) is 6.86 Å². The number of nitrogens with zero attached hydrogens (tertiary/aromatic N) is 1. The number of alkyl halides is 3. The number of carbonyl (C=O) groups excluding carboxylic acids is 3. The van der Waals surface area contributed by atoms with E-state index < -0.39 is 76.7 Å². The maximum Gasteiger partial charge on any atom is 0.353 e. The molecule has 3 saturated carbocycles. The van der Waals surface area contributed by atoms with E-state index in [1.54, 1.807) is 13.8 Å². The predicted molar refractivity (Wildman–Crippen MR) is 126 cm³/mol. The Bertz CT molecular complexity index is 1200. The van der Waals surface area contributed by atoms with Crippen molar-refractivity contribution < 1.29 is 42.1 Å². The Morgan fingerprint density at radius 2 is 2.00 bits per heavy atom. The highest BCUT2D eigenvalue weighted by Crippen LogP contribution is 2.71. The van der Waals surface area contributed by atoms with Crippen LogP contribution in [0.15, 0.2) is 35.5 Å². The highest BCUT2D eigenvalue weighted by atomic mass is 32.1. The van der Waals surface area contributed by atoms with Gasteiger partial charge in [0.15, 0.2) is 11.5 Å². The van der Waals surface area contributed by atoms with Gasteiger partial charge in [0, 0.05) is 22.7 Å². The minimum atomic E-state index is -2.37. The summed E-state index contributed by atoms with van der Waals surface area (Å²) in [6.45, 7) is 3.21. The first-order valence-electron chi connectivity index (χ1n) is 12.2.